The Hall–Kier alpha value is -0.770. The van der Waals surface area contributed by atoms with E-state index in [1.54, 1.807) is 6.42 Å². The number of carbonyl (C=O) groups excluding carboxylic acids is 1. The average Bonchev–Trinajstić information content (AvgIpc) is 2.85. The van der Waals surface area contributed by atoms with Crippen molar-refractivity contribution in [3.63, 3.8) is 0 Å². The van der Waals surface area contributed by atoms with E-state index in [0.717, 1.165) is 38.5 Å². The van der Waals surface area contributed by atoms with E-state index in [0.29, 0.717) is 0 Å². The first-order valence-electron chi connectivity index (χ1n) is 14.9. The number of rotatable bonds is 21. The molecule has 0 saturated carbocycles. The van der Waals surface area contributed by atoms with Gasteiger partial charge in [0.15, 0.2) is 5.79 Å². The highest BCUT2D eigenvalue weighted by Gasteiger charge is 2.50. The number of amides is 1. The van der Waals surface area contributed by atoms with Crippen molar-refractivity contribution in [3.8, 4) is 0 Å². The second-order valence-corrected chi connectivity index (χ2v) is 11.1. The van der Waals surface area contributed by atoms with E-state index in [9.17, 15) is 30.3 Å². The molecule has 6 N–H and O–H groups in total. The van der Waals surface area contributed by atoms with Crippen molar-refractivity contribution in [2.24, 2.45) is 5.92 Å². The molecule has 0 aromatic rings. The summed E-state index contributed by atoms with van der Waals surface area (Å²) in [4.78, 5) is 11.7. The number of aliphatic hydroxyl groups is 5. The second kappa shape index (κ2) is 19.3. The van der Waals surface area contributed by atoms with Crippen LogP contribution in [-0.4, -0.2) is 74.3 Å². The molecule has 1 unspecified atom stereocenters. The van der Waals surface area contributed by atoms with Crippen LogP contribution in [0.15, 0.2) is 0 Å². The second-order valence-electron chi connectivity index (χ2n) is 11.1. The van der Waals surface area contributed by atoms with Gasteiger partial charge < -0.3 is 35.6 Å². The molecule has 219 valence electrons. The van der Waals surface area contributed by atoms with Crippen LogP contribution in [0.3, 0.4) is 0 Å². The number of hydrogen-bond donors (Lipinski definition) is 6. The monoisotopic (exact) mass is 530 g/mol. The predicted octanol–water partition coefficient (Wildman–Crippen LogP) is 3.76. The van der Waals surface area contributed by atoms with Crippen LogP contribution < -0.4 is 5.32 Å². The Morgan fingerprint density at radius 3 is 1.89 bits per heavy atom. The Labute approximate surface area is 225 Å². The lowest BCUT2D eigenvalue weighted by atomic mass is 9.82. The molecule has 1 heterocycles. The Kier molecular flexibility index (Phi) is 17.9. The van der Waals surface area contributed by atoms with Crippen LogP contribution in [0, 0.1) is 12.3 Å². The van der Waals surface area contributed by atoms with Crippen LogP contribution in [0.5, 0.6) is 0 Å². The zero-order chi connectivity index (χ0) is 27.7. The number of carbonyl (C=O) groups is 1. The first-order chi connectivity index (χ1) is 17.7. The average molecular weight is 531 g/mol. The number of unbranched alkanes of at least 4 members (excludes halogenated alkanes) is 11. The first-order valence-corrected chi connectivity index (χ1v) is 14.9. The summed E-state index contributed by atoms with van der Waals surface area (Å²) < 4.78 is 5.91. The fourth-order valence-electron chi connectivity index (χ4n) is 5.36. The smallest absolute Gasteiger partial charge is 0.217 e. The molecular formula is C29H56NO7. The van der Waals surface area contributed by atoms with Gasteiger partial charge in [-0.05, 0) is 18.8 Å². The zero-order valence-corrected chi connectivity index (χ0v) is 23.6. The van der Waals surface area contributed by atoms with Crippen LogP contribution >= 0.6 is 0 Å². The highest BCUT2D eigenvalue weighted by molar-refractivity contribution is 5.73. The maximum Gasteiger partial charge on any atom is 0.217 e. The molecule has 1 amide bonds. The van der Waals surface area contributed by atoms with Crippen molar-refractivity contribution >= 4 is 5.91 Å². The van der Waals surface area contributed by atoms with Gasteiger partial charge in [0.25, 0.3) is 0 Å². The maximum absolute atomic E-state index is 11.7. The van der Waals surface area contributed by atoms with Crippen LogP contribution in [0.1, 0.15) is 124 Å². The fourth-order valence-corrected chi connectivity index (χ4v) is 5.36. The van der Waals surface area contributed by atoms with E-state index >= 15 is 0 Å². The summed E-state index contributed by atoms with van der Waals surface area (Å²) in [5, 5.41) is 54.7. The maximum atomic E-state index is 11.7. The molecule has 7 atom stereocenters. The number of ether oxygens (including phenoxy) is 1. The minimum absolute atomic E-state index is 0.0805. The summed E-state index contributed by atoms with van der Waals surface area (Å²) in [6, 6.07) is -1.03. The molecule has 0 bridgehead atoms. The fraction of sp³-hybridized carbons (Fsp3) is 0.931. The minimum atomic E-state index is -1.82. The quantitative estimate of drug-likeness (QED) is 0.124. The number of hydrogen-bond acceptors (Lipinski definition) is 7. The molecule has 37 heavy (non-hydrogen) atoms. The zero-order valence-electron chi connectivity index (χ0n) is 23.6. The minimum Gasteiger partial charge on any atom is -0.394 e. The van der Waals surface area contributed by atoms with Crippen LogP contribution in [0.2, 0.25) is 0 Å². The Balaban J connectivity index is 2.84. The van der Waals surface area contributed by atoms with E-state index in [1.807, 2.05) is 0 Å². The van der Waals surface area contributed by atoms with E-state index in [1.165, 1.54) is 64.7 Å². The van der Waals surface area contributed by atoms with Gasteiger partial charge in [-0.15, -0.1) is 0 Å². The summed E-state index contributed by atoms with van der Waals surface area (Å²) in [7, 11) is 0. The highest BCUT2D eigenvalue weighted by atomic mass is 16.6. The van der Waals surface area contributed by atoms with Crippen LogP contribution in [0.25, 0.3) is 0 Å². The molecule has 1 rings (SSSR count). The van der Waals surface area contributed by atoms with Crippen molar-refractivity contribution in [2.45, 2.75) is 160 Å². The molecule has 1 saturated heterocycles. The van der Waals surface area contributed by atoms with Gasteiger partial charge in [-0.3, -0.25) is 4.79 Å². The van der Waals surface area contributed by atoms with Crippen molar-refractivity contribution < 1.29 is 35.1 Å². The molecule has 0 aromatic carbocycles. The summed E-state index contributed by atoms with van der Waals surface area (Å²) in [6.45, 7) is 4.98. The molecule has 1 aliphatic rings. The largest absolute Gasteiger partial charge is 0.394 e. The molecule has 0 aromatic heterocycles. The number of aliphatic hydroxyl groups excluding tert-OH is 4. The lowest BCUT2D eigenvalue weighted by Gasteiger charge is -2.47. The Morgan fingerprint density at radius 2 is 1.43 bits per heavy atom. The SMILES string of the molecule is CCCCCCCCCC([CH][C@]1(O)C[C@H](O)[C@@H](NC(C)=O)[C@H]([C@H](O)[C@H](O)CO)O1)CCCCCCCC. The normalized spacial score (nSPS) is 26.5. The summed E-state index contributed by atoms with van der Waals surface area (Å²) >= 11 is 0. The molecule has 1 fully saturated rings. The molecule has 1 radical (unpaired) electrons. The van der Waals surface area contributed by atoms with Crippen LogP contribution in [0.4, 0.5) is 0 Å². The van der Waals surface area contributed by atoms with Gasteiger partial charge in [0.05, 0.1) is 18.8 Å². The molecule has 0 spiro atoms. The van der Waals surface area contributed by atoms with Gasteiger partial charge in [-0.1, -0.05) is 97.3 Å². The Bertz CT molecular complexity index is 593. The van der Waals surface area contributed by atoms with Gasteiger partial charge in [0, 0.05) is 19.8 Å². The first kappa shape index (κ1) is 34.3. The van der Waals surface area contributed by atoms with Crippen molar-refractivity contribution in [2.75, 3.05) is 6.61 Å². The topological polar surface area (TPSA) is 139 Å². The molecule has 8 heteroatoms. The third-order valence-corrected chi connectivity index (χ3v) is 7.50. The number of nitrogens with one attached hydrogen (secondary N) is 1. The lowest BCUT2D eigenvalue weighted by Crippen LogP contribution is -2.66. The van der Waals surface area contributed by atoms with Gasteiger partial charge in [-0.25, -0.2) is 0 Å². The van der Waals surface area contributed by atoms with E-state index in [2.05, 4.69) is 19.2 Å². The van der Waals surface area contributed by atoms with Gasteiger partial charge in [-0.2, -0.15) is 0 Å². The standard InChI is InChI=1S/C29H56NO7/c1-4-6-8-10-12-14-16-18-23(17-15-13-11-9-7-5-2)19-29(36)20-24(33)26(30-22(3)32)28(37-29)27(35)25(34)21-31/h19,23-28,31,33-36H,4-18,20-21H2,1-3H3,(H,30,32)/t23?,24-,25+,26+,27+,28+,29+/m0/s1. The molecule has 8 nitrogen and oxygen atoms in total. The third kappa shape index (κ3) is 13.7. The predicted molar refractivity (Wildman–Crippen MR) is 146 cm³/mol. The van der Waals surface area contributed by atoms with Gasteiger partial charge >= 0.3 is 0 Å². The van der Waals surface area contributed by atoms with E-state index < -0.39 is 48.8 Å². The lowest BCUT2D eigenvalue weighted by molar-refractivity contribution is -0.288. The van der Waals surface area contributed by atoms with E-state index in [4.69, 9.17) is 4.74 Å². The summed E-state index contributed by atoms with van der Waals surface area (Å²) in [6.07, 6.45) is 13.3. The summed E-state index contributed by atoms with van der Waals surface area (Å²) in [5.41, 5.74) is 0. The van der Waals surface area contributed by atoms with Crippen LogP contribution in [-0.2, 0) is 9.53 Å². The van der Waals surface area contributed by atoms with E-state index in [-0.39, 0.29) is 12.3 Å². The molecular weight excluding hydrogens is 474 g/mol. The molecule has 0 aliphatic carbocycles. The van der Waals surface area contributed by atoms with Gasteiger partial charge in [0.1, 0.15) is 18.3 Å². The van der Waals surface area contributed by atoms with Crippen molar-refractivity contribution in [1.29, 1.82) is 0 Å². The Morgan fingerprint density at radius 1 is 0.946 bits per heavy atom. The van der Waals surface area contributed by atoms with Crippen molar-refractivity contribution in [3.05, 3.63) is 6.42 Å². The molecule has 1 aliphatic heterocycles. The van der Waals surface area contributed by atoms with Gasteiger partial charge in [0.2, 0.25) is 5.91 Å². The third-order valence-electron chi connectivity index (χ3n) is 7.50. The van der Waals surface area contributed by atoms with Crippen molar-refractivity contribution in [1.82, 2.24) is 5.32 Å². The highest BCUT2D eigenvalue weighted by Crippen LogP contribution is 2.36. The summed E-state index contributed by atoms with van der Waals surface area (Å²) in [5.74, 6) is -2.17.